The van der Waals surface area contributed by atoms with Crippen LogP contribution in [-0.2, 0) is 0 Å². The van der Waals surface area contributed by atoms with Gasteiger partial charge in [-0.25, -0.2) is 4.98 Å². The third-order valence-corrected chi connectivity index (χ3v) is 5.17. The largest absolute Gasteiger partial charge is 0.493 e. The Morgan fingerprint density at radius 2 is 1.67 bits per heavy atom. The van der Waals surface area contributed by atoms with Crippen LogP contribution in [0.2, 0.25) is 0 Å². The normalized spacial score (nSPS) is 15.1. The van der Waals surface area contributed by atoms with Gasteiger partial charge < -0.3 is 20.1 Å². The molecule has 0 unspecified atom stereocenters. The van der Waals surface area contributed by atoms with E-state index in [0.717, 1.165) is 36.8 Å². The molecule has 27 heavy (non-hydrogen) atoms. The first-order valence-electron chi connectivity index (χ1n) is 9.03. The molecule has 2 N–H and O–H groups in total. The van der Waals surface area contributed by atoms with Crippen molar-refractivity contribution in [1.29, 1.82) is 0 Å². The Balaban J connectivity index is 1.59. The number of nitrogens with two attached hydrogens (primary N) is 1. The molecule has 0 radical (unpaired) electrons. The summed E-state index contributed by atoms with van der Waals surface area (Å²) in [6.07, 6.45) is 5.82. The van der Waals surface area contributed by atoms with E-state index in [-0.39, 0.29) is 0 Å². The van der Waals surface area contributed by atoms with E-state index in [1.54, 1.807) is 14.2 Å². The molecule has 7 heteroatoms. The predicted octanol–water partition coefficient (Wildman–Crippen LogP) is 3.01. The summed E-state index contributed by atoms with van der Waals surface area (Å²) in [4.78, 5) is 15.6. The number of fused-ring (bicyclic) bond motifs is 1. The summed E-state index contributed by atoms with van der Waals surface area (Å²) in [6, 6.07) is 7.87. The second kappa shape index (κ2) is 7.26. The minimum atomic E-state index is 0.451. The maximum absolute atomic E-state index is 6.22. The number of pyridine rings is 1. The van der Waals surface area contributed by atoms with E-state index in [2.05, 4.69) is 27.0 Å². The molecule has 0 aliphatic carbocycles. The van der Waals surface area contributed by atoms with Gasteiger partial charge in [0, 0.05) is 36.9 Å². The Labute approximate surface area is 158 Å². The first-order valence-corrected chi connectivity index (χ1v) is 9.03. The van der Waals surface area contributed by atoms with Crippen molar-refractivity contribution in [3.8, 4) is 11.5 Å². The summed E-state index contributed by atoms with van der Waals surface area (Å²) >= 11 is 0. The number of nitrogen functional groups attached to an aromatic ring is 1. The lowest BCUT2D eigenvalue weighted by atomic mass is 9.90. The molecular weight excluding hydrogens is 342 g/mol. The zero-order valence-corrected chi connectivity index (χ0v) is 15.6. The van der Waals surface area contributed by atoms with Crippen LogP contribution in [0.15, 0.2) is 36.7 Å². The summed E-state index contributed by atoms with van der Waals surface area (Å²) in [5, 5.41) is 0.767. The Bertz CT molecular complexity index is 940. The smallest absolute Gasteiger partial charge is 0.227 e. The van der Waals surface area contributed by atoms with Crippen molar-refractivity contribution in [2.75, 3.05) is 37.9 Å². The molecule has 1 aromatic carbocycles. The van der Waals surface area contributed by atoms with Crippen LogP contribution >= 0.6 is 0 Å². The molecule has 7 nitrogen and oxygen atoms in total. The van der Waals surface area contributed by atoms with Crippen molar-refractivity contribution in [2.24, 2.45) is 0 Å². The number of anilines is 2. The van der Waals surface area contributed by atoms with Gasteiger partial charge in [-0.15, -0.1) is 0 Å². The van der Waals surface area contributed by atoms with Crippen molar-refractivity contribution >= 4 is 22.7 Å². The lowest BCUT2D eigenvalue weighted by Gasteiger charge is -2.32. The van der Waals surface area contributed by atoms with Gasteiger partial charge in [0.05, 0.1) is 19.7 Å². The van der Waals surface area contributed by atoms with Crippen LogP contribution in [0.5, 0.6) is 11.5 Å². The Kier molecular flexibility index (Phi) is 4.66. The van der Waals surface area contributed by atoms with E-state index in [1.165, 1.54) is 5.56 Å². The van der Waals surface area contributed by atoms with Crippen LogP contribution < -0.4 is 20.1 Å². The summed E-state index contributed by atoms with van der Waals surface area (Å²) in [6.45, 7) is 1.79. The SMILES string of the molecule is COc1cc2nc(N3CCC(c4ccncc4)CC3)nc(N)c2cc1OC. The van der Waals surface area contributed by atoms with Gasteiger partial charge >= 0.3 is 0 Å². The molecule has 3 aromatic rings. The summed E-state index contributed by atoms with van der Waals surface area (Å²) in [5.41, 5.74) is 8.32. The number of hydrogen-bond acceptors (Lipinski definition) is 7. The second-order valence-corrected chi connectivity index (χ2v) is 6.68. The standard InChI is InChI=1S/C20H23N5O2/c1-26-17-11-15-16(12-18(17)27-2)23-20(24-19(15)21)25-9-5-14(6-10-25)13-3-7-22-8-4-13/h3-4,7-8,11-12,14H,5-6,9-10H2,1-2H3,(H2,21,23,24). The maximum Gasteiger partial charge on any atom is 0.227 e. The summed E-state index contributed by atoms with van der Waals surface area (Å²) in [5.74, 6) is 2.91. The van der Waals surface area contributed by atoms with Crippen molar-refractivity contribution in [3.63, 3.8) is 0 Å². The number of benzene rings is 1. The topological polar surface area (TPSA) is 86.4 Å². The highest BCUT2D eigenvalue weighted by Crippen LogP contribution is 2.35. The van der Waals surface area contributed by atoms with Crippen LogP contribution in [0.3, 0.4) is 0 Å². The summed E-state index contributed by atoms with van der Waals surface area (Å²) in [7, 11) is 3.21. The van der Waals surface area contributed by atoms with Gasteiger partial charge in [0.15, 0.2) is 11.5 Å². The van der Waals surface area contributed by atoms with Crippen LogP contribution in [0.4, 0.5) is 11.8 Å². The molecule has 0 saturated carbocycles. The molecule has 1 aliphatic heterocycles. The molecule has 140 valence electrons. The lowest BCUT2D eigenvalue weighted by Crippen LogP contribution is -2.34. The maximum atomic E-state index is 6.22. The molecule has 0 atom stereocenters. The number of aromatic nitrogens is 3. The number of piperidine rings is 1. The molecule has 0 spiro atoms. The first kappa shape index (κ1) is 17.3. The van der Waals surface area contributed by atoms with Crippen molar-refractivity contribution in [3.05, 3.63) is 42.2 Å². The Morgan fingerprint density at radius 1 is 1.00 bits per heavy atom. The van der Waals surface area contributed by atoms with Gasteiger partial charge in [0.2, 0.25) is 5.95 Å². The van der Waals surface area contributed by atoms with Gasteiger partial charge in [-0.05, 0) is 42.5 Å². The van der Waals surface area contributed by atoms with Crippen LogP contribution in [0.1, 0.15) is 24.3 Å². The number of nitrogens with zero attached hydrogens (tertiary/aromatic N) is 4. The monoisotopic (exact) mass is 365 g/mol. The molecule has 4 rings (SSSR count). The minimum Gasteiger partial charge on any atom is -0.493 e. The molecular formula is C20H23N5O2. The lowest BCUT2D eigenvalue weighted by molar-refractivity contribution is 0.356. The highest BCUT2D eigenvalue weighted by molar-refractivity contribution is 5.91. The van der Waals surface area contributed by atoms with Gasteiger partial charge in [-0.1, -0.05) is 0 Å². The van der Waals surface area contributed by atoms with Crippen molar-refractivity contribution in [1.82, 2.24) is 15.0 Å². The fourth-order valence-corrected chi connectivity index (χ4v) is 3.66. The number of ether oxygens (including phenoxy) is 2. The van der Waals surface area contributed by atoms with E-state index in [4.69, 9.17) is 20.2 Å². The highest BCUT2D eigenvalue weighted by atomic mass is 16.5. The second-order valence-electron chi connectivity index (χ2n) is 6.68. The molecule has 0 bridgehead atoms. The fraction of sp³-hybridized carbons (Fsp3) is 0.350. The van der Waals surface area contributed by atoms with E-state index < -0.39 is 0 Å². The fourth-order valence-electron chi connectivity index (χ4n) is 3.66. The molecule has 2 aromatic heterocycles. The van der Waals surface area contributed by atoms with Crippen molar-refractivity contribution < 1.29 is 9.47 Å². The Hall–Kier alpha value is -3.09. The average molecular weight is 365 g/mol. The summed E-state index contributed by atoms with van der Waals surface area (Å²) < 4.78 is 10.7. The average Bonchev–Trinajstić information content (AvgIpc) is 2.73. The van der Waals surface area contributed by atoms with Gasteiger partial charge in [-0.2, -0.15) is 4.98 Å². The van der Waals surface area contributed by atoms with E-state index in [1.807, 2.05) is 24.5 Å². The third-order valence-electron chi connectivity index (χ3n) is 5.17. The van der Waals surface area contributed by atoms with Crippen LogP contribution in [0, 0.1) is 0 Å². The Morgan fingerprint density at radius 3 is 2.33 bits per heavy atom. The van der Waals surface area contributed by atoms with E-state index in [9.17, 15) is 0 Å². The number of hydrogen-bond donors (Lipinski definition) is 1. The molecule has 1 saturated heterocycles. The van der Waals surface area contributed by atoms with Gasteiger partial charge in [0.25, 0.3) is 0 Å². The molecule has 1 aliphatic rings. The molecule has 1 fully saturated rings. The number of rotatable bonds is 4. The third kappa shape index (κ3) is 3.32. The number of methoxy groups -OCH3 is 2. The predicted molar refractivity (Wildman–Crippen MR) is 105 cm³/mol. The minimum absolute atomic E-state index is 0.451. The van der Waals surface area contributed by atoms with Gasteiger partial charge in [-0.3, -0.25) is 4.98 Å². The quantitative estimate of drug-likeness (QED) is 0.760. The van der Waals surface area contributed by atoms with Crippen molar-refractivity contribution in [2.45, 2.75) is 18.8 Å². The zero-order chi connectivity index (χ0) is 18.8. The van der Waals surface area contributed by atoms with E-state index >= 15 is 0 Å². The van der Waals surface area contributed by atoms with Crippen LogP contribution in [-0.4, -0.2) is 42.3 Å². The zero-order valence-electron chi connectivity index (χ0n) is 15.6. The van der Waals surface area contributed by atoms with E-state index in [0.29, 0.717) is 29.2 Å². The molecule has 0 amide bonds. The molecule has 3 heterocycles. The van der Waals surface area contributed by atoms with Crippen LogP contribution in [0.25, 0.3) is 10.9 Å². The first-order chi connectivity index (χ1) is 13.2. The van der Waals surface area contributed by atoms with Gasteiger partial charge in [0.1, 0.15) is 5.82 Å². The highest BCUT2D eigenvalue weighted by Gasteiger charge is 2.23.